The van der Waals surface area contributed by atoms with E-state index in [9.17, 15) is 18.3 Å². The number of carbonyl (C=O) groups excluding carboxylic acids is 1. The molecular weight excluding hydrogens is 326 g/mol. The van der Waals surface area contributed by atoms with Crippen molar-refractivity contribution in [3.63, 3.8) is 0 Å². The third-order valence-electron chi connectivity index (χ3n) is 3.06. The number of nitrogens with one attached hydrogen (secondary N) is 1. The van der Waals surface area contributed by atoms with Gasteiger partial charge in [-0.2, -0.15) is 0 Å². The van der Waals surface area contributed by atoms with Gasteiger partial charge in [-0.05, 0) is 36.4 Å². The molecule has 2 aromatic rings. The molecule has 116 valence electrons. The lowest BCUT2D eigenvalue weighted by Crippen LogP contribution is -2.12. The zero-order valence-electron chi connectivity index (χ0n) is 11.7. The first kappa shape index (κ1) is 16.3. The van der Waals surface area contributed by atoms with Gasteiger partial charge in [-0.15, -0.1) is 0 Å². The molecule has 0 radical (unpaired) electrons. The molecule has 0 spiro atoms. The Hall–Kier alpha value is -2.05. The average Bonchev–Trinajstić information content (AvgIpc) is 2.49. The second-order valence-corrected chi connectivity index (χ2v) is 7.26. The van der Waals surface area contributed by atoms with Gasteiger partial charge in [0.15, 0.2) is 9.84 Å². The minimum atomic E-state index is -3.41. The lowest BCUT2D eigenvalue weighted by atomic mass is 10.2. The van der Waals surface area contributed by atoms with E-state index in [4.69, 9.17) is 11.6 Å². The molecule has 0 bridgehead atoms. The maximum atomic E-state index is 12.0. The predicted octanol–water partition coefficient (Wildman–Crippen LogP) is 3.09. The monoisotopic (exact) mass is 339 g/mol. The van der Waals surface area contributed by atoms with Gasteiger partial charge in [0, 0.05) is 16.7 Å². The zero-order valence-corrected chi connectivity index (χ0v) is 13.3. The Bertz CT molecular complexity index is 801. The van der Waals surface area contributed by atoms with Gasteiger partial charge < -0.3 is 10.4 Å². The number of anilines is 1. The van der Waals surface area contributed by atoms with Crippen LogP contribution in [0.15, 0.2) is 47.4 Å². The first-order valence-electron chi connectivity index (χ1n) is 6.46. The summed E-state index contributed by atoms with van der Waals surface area (Å²) in [5, 5.41) is 12.9. The number of phenolic OH excluding ortho intramolecular Hbond substituents is 1. The molecule has 1 amide bonds. The van der Waals surface area contributed by atoms with Crippen LogP contribution >= 0.6 is 11.6 Å². The van der Waals surface area contributed by atoms with Crippen molar-refractivity contribution in [1.82, 2.24) is 0 Å². The van der Waals surface area contributed by atoms with Crippen LogP contribution in [0.25, 0.3) is 0 Å². The summed E-state index contributed by atoms with van der Waals surface area (Å²) in [5.41, 5.74) is 0.504. The molecule has 0 heterocycles. The Balaban J connectivity index is 2.24. The van der Waals surface area contributed by atoms with E-state index in [0.29, 0.717) is 10.6 Å². The smallest absolute Gasteiger partial charge is 0.255 e. The molecule has 2 aromatic carbocycles. The van der Waals surface area contributed by atoms with Crippen molar-refractivity contribution < 1.29 is 18.3 Å². The Morgan fingerprint density at radius 1 is 1.18 bits per heavy atom. The van der Waals surface area contributed by atoms with Crippen molar-refractivity contribution in [1.29, 1.82) is 0 Å². The highest BCUT2D eigenvalue weighted by Gasteiger charge is 2.15. The summed E-state index contributed by atoms with van der Waals surface area (Å²) < 4.78 is 23.5. The first-order chi connectivity index (χ1) is 10.3. The van der Waals surface area contributed by atoms with Crippen molar-refractivity contribution in [3.8, 4) is 5.75 Å². The molecule has 0 fully saturated rings. The van der Waals surface area contributed by atoms with Crippen LogP contribution in [0.1, 0.15) is 17.3 Å². The summed E-state index contributed by atoms with van der Waals surface area (Å²) in [4.78, 5) is 12.0. The highest BCUT2D eigenvalue weighted by molar-refractivity contribution is 7.91. The molecule has 0 aliphatic carbocycles. The maximum Gasteiger partial charge on any atom is 0.255 e. The van der Waals surface area contributed by atoms with Crippen molar-refractivity contribution in [2.75, 3.05) is 11.1 Å². The summed E-state index contributed by atoms with van der Waals surface area (Å²) in [7, 11) is -3.41. The number of carbonyl (C=O) groups is 1. The minimum absolute atomic E-state index is 0.0111. The Labute approximate surface area is 133 Å². The number of hydrogen-bond acceptors (Lipinski definition) is 4. The standard InChI is InChI=1S/C15H14ClNO4S/c1-2-22(20,21)12-7-8-13(14(18)9-12)17-15(19)10-3-5-11(16)6-4-10/h3-9,18H,2H2,1H3,(H,17,19). The fourth-order valence-corrected chi connectivity index (χ4v) is 2.80. The average molecular weight is 340 g/mol. The highest BCUT2D eigenvalue weighted by atomic mass is 35.5. The molecule has 2 rings (SSSR count). The summed E-state index contributed by atoms with van der Waals surface area (Å²) in [5.74, 6) is -0.807. The van der Waals surface area contributed by atoms with Crippen LogP contribution in [0.5, 0.6) is 5.75 Å². The number of benzene rings is 2. The zero-order chi connectivity index (χ0) is 16.3. The number of sulfone groups is 1. The molecule has 2 N–H and O–H groups in total. The quantitative estimate of drug-likeness (QED) is 0.838. The summed E-state index contributed by atoms with van der Waals surface area (Å²) in [6.45, 7) is 1.52. The summed E-state index contributed by atoms with van der Waals surface area (Å²) in [6.07, 6.45) is 0. The first-order valence-corrected chi connectivity index (χ1v) is 8.49. The number of phenols is 1. The Morgan fingerprint density at radius 2 is 1.82 bits per heavy atom. The van der Waals surface area contributed by atoms with Gasteiger partial charge in [0.05, 0.1) is 16.3 Å². The third-order valence-corrected chi connectivity index (χ3v) is 5.05. The number of rotatable bonds is 4. The van der Waals surface area contributed by atoms with Gasteiger partial charge >= 0.3 is 0 Å². The maximum absolute atomic E-state index is 12.0. The van der Waals surface area contributed by atoms with Crippen LogP contribution in [0, 0.1) is 0 Å². The largest absolute Gasteiger partial charge is 0.506 e. The molecule has 0 saturated carbocycles. The van der Waals surface area contributed by atoms with E-state index >= 15 is 0 Å². The molecular formula is C15H14ClNO4S. The molecule has 22 heavy (non-hydrogen) atoms. The minimum Gasteiger partial charge on any atom is -0.506 e. The van der Waals surface area contributed by atoms with Gasteiger partial charge in [-0.3, -0.25) is 4.79 Å². The van der Waals surface area contributed by atoms with Gasteiger partial charge in [0.2, 0.25) is 0 Å². The van der Waals surface area contributed by atoms with Crippen LogP contribution in [0.4, 0.5) is 5.69 Å². The van der Waals surface area contributed by atoms with E-state index in [-0.39, 0.29) is 22.1 Å². The highest BCUT2D eigenvalue weighted by Crippen LogP contribution is 2.27. The van der Waals surface area contributed by atoms with Crippen molar-refractivity contribution in [2.24, 2.45) is 0 Å². The van der Waals surface area contributed by atoms with Gasteiger partial charge in [0.25, 0.3) is 5.91 Å². The normalized spacial score (nSPS) is 11.2. The van der Waals surface area contributed by atoms with E-state index in [0.717, 1.165) is 6.07 Å². The number of amides is 1. The molecule has 0 aliphatic heterocycles. The lowest BCUT2D eigenvalue weighted by molar-refractivity contribution is 0.102. The molecule has 0 aliphatic rings. The third kappa shape index (κ3) is 3.58. The number of aromatic hydroxyl groups is 1. The van der Waals surface area contributed by atoms with E-state index in [1.807, 2.05) is 0 Å². The van der Waals surface area contributed by atoms with Crippen molar-refractivity contribution in [2.45, 2.75) is 11.8 Å². The van der Waals surface area contributed by atoms with Crippen LogP contribution in [0.2, 0.25) is 5.02 Å². The van der Waals surface area contributed by atoms with E-state index < -0.39 is 15.7 Å². The van der Waals surface area contributed by atoms with Crippen LogP contribution in [-0.2, 0) is 9.84 Å². The molecule has 0 unspecified atom stereocenters. The van der Waals surface area contributed by atoms with Crippen LogP contribution in [-0.4, -0.2) is 25.2 Å². The second-order valence-electron chi connectivity index (χ2n) is 4.54. The van der Waals surface area contributed by atoms with Crippen molar-refractivity contribution in [3.05, 3.63) is 53.1 Å². The SMILES string of the molecule is CCS(=O)(=O)c1ccc(NC(=O)c2ccc(Cl)cc2)c(O)c1. The fraction of sp³-hybridized carbons (Fsp3) is 0.133. The molecule has 0 saturated heterocycles. The topological polar surface area (TPSA) is 83.5 Å². The molecule has 5 nitrogen and oxygen atoms in total. The second kappa shape index (κ2) is 6.37. The van der Waals surface area contributed by atoms with E-state index in [2.05, 4.69) is 5.32 Å². The van der Waals surface area contributed by atoms with Gasteiger partial charge in [0.1, 0.15) is 5.75 Å². The summed E-state index contributed by atoms with van der Waals surface area (Å²) >= 11 is 5.75. The van der Waals surface area contributed by atoms with Gasteiger partial charge in [-0.1, -0.05) is 18.5 Å². The van der Waals surface area contributed by atoms with Crippen LogP contribution in [0.3, 0.4) is 0 Å². The summed E-state index contributed by atoms with van der Waals surface area (Å²) in [6, 6.07) is 10.1. The van der Waals surface area contributed by atoms with Crippen molar-refractivity contribution >= 4 is 33.0 Å². The molecule has 0 atom stereocenters. The lowest BCUT2D eigenvalue weighted by Gasteiger charge is -2.09. The molecule has 7 heteroatoms. The number of hydrogen-bond donors (Lipinski definition) is 2. The fourth-order valence-electron chi connectivity index (χ4n) is 1.77. The molecule has 0 aromatic heterocycles. The predicted molar refractivity (Wildman–Crippen MR) is 85.2 cm³/mol. The van der Waals surface area contributed by atoms with Gasteiger partial charge in [-0.25, -0.2) is 8.42 Å². The number of halogens is 1. The van der Waals surface area contributed by atoms with Crippen LogP contribution < -0.4 is 5.32 Å². The Kier molecular flexibility index (Phi) is 4.73. The Morgan fingerprint density at radius 3 is 2.36 bits per heavy atom. The van der Waals surface area contributed by atoms with E-state index in [1.54, 1.807) is 24.3 Å². The van der Waals surface area contributed by atoms with E-state index in [1.165, 1.54) is 19.1 Å².